The summed E-state index contributed by atoms with van der Waals surface area (Å²) in [6.07, 6.45) is 0. The third kappa shape index (κ3) is 4.88. The Balaban J connectivity index is 1.24. The molecule has 0 amide bonds. The average Bonchev–Trinajstić information content (AvgIpc) is 3.56. The van der Waals surface area contributed by atoms with E-state index in [1.807, 2.05) is 0 Å². The standard InChI is InChI=1S/C50H34N2/c1-3-15-35(16-4-1)36-29-32-40(33-30-36)51(39-20-5-2-6-21-39)46-27-11-12-28-47(46)52-45-26-10-9-23-44(45)50-48(52)34-31-38-19-14-25-43(49(38)50)42-24-13-18-37-17-7-8-22-41(37)42/h1-34H. The monoisotopic (exact) mass is 662 g/mol. The lowest BCUT2D eigenvalue weighted by Gasteiger charge is -2.28. The third-order valence-corrected chi connectivity index (χ3v) is 10.4. The molecule has 9 aromatic carbocycles. The summed E-state index contributed by atoms with van der Waals surface area (Å²) in [6, 6.07) is 74.6. The Bertz CT molecular complexity index is 2880. The summed E-state index contributed by atoms with van der Waals surface area (Å²) in [7, 11) is 0. The fourth-order valence-electron chi connectivity index (χ4n) is 8.06. The summed E-state index contributed by atoms with van der Waals surface area (Å²) in [4.78, 5) is 2.38. The number of para-hydroxylation sites is 4. The van der Waals surface area contributed by atoms with Crippen molar-refractivity contribution in [1.82, 2.24) is 4.57 Å². The highest BCUT2D eigenvalue weighted by Gasteiger charge is 2.22. The van der Waals surface area contributed by atoms with E-state index in [4.69, 9.17) is 0 Å². The van der Waals surface area contributed by atoms with Gasteiger partial charge in [0.25, 0.3) is 0 Å². The molecule has 2 nitrogen and oxygen atoms in total. The van der Waals surface area contributed by atoms with Gasteiger partial charge in [-0.25, -0.2) is 0 Å². The number of hydrogen-bond acceptors (Lipinski definition) is 1. The zero-order valence-electron chi connectivity index (χ0n) is 28.5. The van der Waals surface area contributed by atoms with Gasteiger partial charge in [-0.05, 0) is 92.3 Å². The van der Waals surface area contributed by atoms with E-state index >= 15 is 0 Å². The zero-order valence-corrected chi connectivity index (χ0v) is 28.5. The molecule has 0 aliphatic rings. The number of hydrogen-bond donors (Lipinski definition) is 0. The van der Waals surface area contributed by atoms with E-state index in [0.717, 1.165) is 22.7 Å². The van der Waals surface area contributed by atoms with Gasteiger partial charge in [0.15, 0.2) is 0 Å². The van der Waals surface area contributed by atoms with Crippen LogP contribution in [0.3, 0.4) is 0 Å². The van der Waals surface area contributed by atoms with E-state index in [-0.39, 0.29) is 0 Å². The second kappa shape index (κ2) is 12.5. The van der Waals surface area contributed by atoms with E-state index in [2.05, 4.69) is 216 Å². The molecule has 0 aliphatic heterocycles. The maximum absolute atomic E-state index is 2.47. The first-order valence-corrected chi connectivity index (χ1v) is 17.9. The fourth-order valence-corrected chi connectivity index (χ4v) is 8.06. The predicted octanol–water partition coefficient (Wildman–Crippen LogP) is 13.9. The SMILES string of the molecule is c1ccc(-c2ccc(N(c3ccccc3)c3ccccc3-n3c4ccccc4c4c5c(-c6cccc7ccccc67)cccc5ccc43)cc2)cc1. The number of rotatable bonds is 6. The fraction of sp³-hybridized carbons (Fsp3) is 0. The molecule has 10 aromatic rings. The maximum Gasteiger partial charge on any atom is 0.0702 e. The molecule has 244 valence electrons. The number of anilines is 3. The molecular formula is C50H34N2. The molecule has 1 aromatic heterocycles. The van der Waals surface area contributed by atoms with E-state index in [9.17, 15) is 0 Å². The summed E-state index contributed by atoms with van der Waals surface area (Å²) in [6.45, 7) is 0. The number of fused-ring (bicyclic) bond motifs is 6. The van der Waals surface area contributed by atoms with Gasteiger partial charge in [0.05, 0.1) is 22.4 Å². The molecule has 0 aliphatic carbocycles. The highest BCUT2D eigenvalue weighted by molar-refractivity contribution is 6.26. The molecule has 2 heteroatoms. The first-order valence-electron chi connectivity index (χ1n) is 17.9. The van der Waals surface area contributed by atoms with Crippen LogP contribution in [0.2, 0.25) is 0 Å². The molecule has 0 N–H and O–H groups in total. The second-order valence-corrected chi connectivity index (χ2v) is 13.3. The van der Waals surface area contributed by atoms with Crippen LogP contribution < -0.4 is 4.90 Å². The van der Waals surface area contributed by atoms with Gasteiger partial charge < -0.3 is 9.47 Å². The van der Waals surface area contributed by atoms with Crippen LogP contribution in [0.5, 0.6) is 0 Å². The van der Waals surface area contributed by atoms with Gasteiger partial charge in [-0.3, -0.25) is 0 Å². The molecule has 0 saturated heterocycles. The van der Waals surface area contributed by atoms with Crippen LogP contribution >= 0.6 is 0 Å². The molecular weight excluding hydrogens is 629 g/mol. The van der Waals surface area contributed by atoms with Crippen molar-refractivity contribution in [2.45, 2.75) is 0 Å². The Morgan fingerprint density at radius 2 is 0.923 bits per heavy atom. The van der Waals surface area contributed by atoms with Crippen LogP contribution in [0.4, 0.5) is 17.1 Å². The van der Waals surface area contributed by atoms with Crippen molar-refractivity contribution >= 4 is 60.4 Å². The summed E-state index contributed by atoms with van der Waals surface area (Å²) in [5.41, 5.74) is 11.7. The molecule has 0 atom stereocenters. The maximum atomic E-state index is 2.47. The van der Waals surface area contributed by atoms with Crippen LogP contribution in [0.25, 0.3) is 71.3 Å². The minimum absolute atomic E-state index is 1.10. The average molecular weight is 663 g/mol. The van der Waals surface area contributed by atoms with Crippen molar-refractivity contribution < 1.29 is 0 Å². The number of benzene rings is 9. The minimum atomic E-state index is 1.10. The Labute approximate surface area is 303 Å². The van der Waals surface area contributed by atoms with Crippen molar-refractivity contribution in [3.05, 3.63) is 206 Å². The van der Waals surface area contributed by atoms with E-state index in [1.54, 1.807) is 0 Å². The third-order valence-electron chi connectivity index (χ3n) is 10.4. The van der Waals surface area contributed by atoms with Crippen LogP contribution in [0, 0.1) is 0 Å². The summed E-state index contributed by atoms with van der Waals surface area (Å²) in [5, 5.41) is 7.53. The van der Waals surface area contributed by atoms with Crippen LogP contribution in [-0.4, -0.2) is 4.57 Å². The van der Waals surface area contributed by atoms with Gasteiger partial charge in [-0.1, -0.05) is 158 Å². The van der Waals surface area contributed by atoms with Gasteiger partial charge in [0, 0.05) is 22.1 Å². The molecule has 1 heterocycles. The van der Waals surface area contributed by atoms with Gasteiger partial charge in [0.1, 0.15) is 0 Å². The Hall–Kier alpha value is -6.90. The summed E-state index contributed by atoms with van der Waals surface area (Å²) >= 11 is 0. The minimum Gasteiger partial charge on any atom is -0.308 e. The highest BCUT2D eigenvalue weighted by atomic mass is 15.2. The summed E-state index contributed by atoms with van der Waals surface area (Å²) in [5.74, 6) is 0. The van der Waals surface area contributed by atoms with Crippen molar-refractivity contribution in [2.75, 3.05) is 4.90 Å². The first kappa shape index (κ1) is 30.0. The lowest BCUT2D eigenvalue weighted by Crippen LogP contribution is -2.13. The Kier molecular flexibility index (Phi) is 7.18. The summed E-state index contributed by atoms with van der Waals surface area (Å²) < 4.78 is 2.47. The number of nitrogens with zero attached hydrogens (tertiary/aromatic N) is 2. The lowest BCUT2D eigenvalue weighted by atomic mass is 9.92. The zero-order chi connectivity index (χ0) is 34.4. The Morgan fingerprint density at radius 1 is 0.327 bits per heavy atom. The molecule has 0 unspecified atom stereocenters. The number of aromatic nitrogens is 1. The van der Waals surface area contributed by atoms with Gasteiger partial charge in [-0.2, -0.15) is 0 Å². The predicted molar refractivity (Wildman–Crippen MR) is 221 cm³/mol. The molecule has 0 saturated carbocycles. The van der Waals surface area contributed by atoms with E-state index in [1.165, 1.54) is 65.6 Å². The Morgan fingerprint density at radius 3 is 1.75 bits per heavy atom. The van der Waals surface area contributed by atoms with Crippen molar-refractivity contribution in [2.24, 2.45) is 0 Å². The smallest absolute Gasteiger partial charge is 0.0702 e. The first-order chi connectivity index (χ1) is 25.8. The molecule has 0 spiro atoms. The van der Waals surface area contributed by atoms with E-state index in [0.29, 0.717) is 0 Å². The molecule has 0 bridgehead atoms. The van der Waals surface area contributed by atoms with Crippen LogP contribution in [-0.2, 0) is 0 Å². The van der Waals surface area contributed by atoms with Crippen LogP contribution in [0.1, 0.15) is 0 Å². The van der Waals surface area contributed by atoms with Crippen molar-refractivity contribution in [3.8, 4) is 27.9 Å². The second-order valence-electron chi connectivity index (χ2n) is 13.3. The molecule has 0 fully saturated rings. The quantitative estimate of drug-likeness (QED) is 0.172. The lowest BCUT2D eigenvalue weighted by molar-refractivity contribution is 1.15. The molecule has 52 heavy (non-hydrogen) atoms. The van der Waals surface area contributed by atoms with E-state index < -0.39 is 0 Å². The van der Waals surface area contributed by atoms with Gasteiger partial charge >= 0.3 is 0 Å². The normalized spacial score (nSPS) is 11.5. The highest BCUT2D eigenvalue weighted by Crippen LogP contribution is 2.45. The molecule has 0 radical (unpaired) electrons. The van der Waals surface area contributed by atoms with Gasteiger partial charge in [0.2, 0.25) is 0 Å². The largest absolute Gasteiger partial charge is 0.308 e. The van der Waals surface area contributed by atoms with Crippen molar-refractivity contribution in [3.63, 3.8) is 0 Å². The topological polar surface area (TPSA) is 8.17 Å². The van der Waals surface area contributed by atoms with Crippen LogP contribution in [0.15, 0.2) is 206 Å². The van der Waals surface area contributed by atoms with Gasteiger partial charge in [-0.15, -0.1) is 0 Å². The van der Waals surface area contributed by atoms with Crippen molar-refractivity contribution in [1.29, 1.82) is 0 Å². The molecule has 10 rings (SSSR count).